The van der Waals surface area contributed by atoms with Gasteiger partial charge in [0.05, 0.1) is 6.54 Å². The number of ether oxygens (including phenoxy) is 1. The second-order valence-corrected chi connectivity index (χ2v) is 5.39. The second kappa shape index (κ2) is 4.76. The molecule has 0 aromatic carbocycles. The van der Waals surface area contributed by atoms with Crippen LogP contribution in [0, 0.1) is 0 Å². The summed E-state index contributed by atoms with van der Waals surface area (Å²) in [4.78, 5) is 12.8. The number of rotatable bonds is 1. The van der Waals surface area contributed by atoms with E-state index in [0.29, 0.717) is 0 Å². The van der Waals surface area contributed by atoms with Crippen molar-refractivity contribution in [1.29, 1.82) is 0 Å². The van der Waals surface area contributed by atoms with Gasteiger partial charge >= 0.3 is 6.09 Å². The first-order chi connectivity index (χ1) is 7.64. The lowest BCUT2D eigenvalue weighted by Crippen LogP contribution is -2.55. The lowest BCUT2D eigenvalue weighted by Gasteiger charge is -2.39. The second-order valence-electron chi connectivity index (χ2n) is 5.39. The van der Waals surface area contributed by atoms with Gasteiger partial charge in [0.15, 0.2) is 0 Å². The number of amides is 1. The molecular formula is C11H20F2N2O2. The molecule has 1 saturated heterocycles. The van der Waals surface area contributed by atoms with Crippen LogP contribution in [0.3, 0.4) is 0 Å². The zero-order chi connectivity index (χ0) is 13.3. The molecule has 0 bridgehead atoms. The molecule has 17 heavy (non-hydrogen) atoms. The number of hydrogen-bond acceptors (Lipinski definition) is 3. The summed E-state index contributed by atoms with van der Waals surface area (Å²) in [6, 6.07) is -0.357. The minimum Gasteiger partial charge on any atom is -0.444 e. The molecule has 0 unspecified atom stereocenters. The van der Waals surface area contributed by atoms with Gasteiger partial charge in [0.25, 0.3) is 5.92 Å². The van der Waals surface area contributed by atoms with Gasteiger partial charge in [0.1, 0.15) is 5.60 Å². The number of carbonyl (C=O) groups excluding carboxylic acids is 1. The topological polar surface area (TPSA) is 55.6 Å². The van der Waals surface area contributed by atoms with Crippen LogP contribution in [0.4, 0.5) is 13.6 Å². The van der Waals surface area contributed by atoms with Gasteiger partial charge in [0, 0.05) is 19.0 Å². The van der Waals surface area contributed by atoms with E-state index in [4.69, 9.17) is 10.5 Å². The van der Waals surface area contributed by atoms with Gasteiger partial charge in [0.2, 0.25) is 0 Å². The zero-order valence-electron chi connectivity index (χ0n) is 10.5. The van der Waals surface area contributed by atoms with Crippen LogP contribution < -0.4 is 5.73 Å². The fourth-order valence-electron chi connectivity index (χ4n) is 1.77. The van der Waals surface area contributed by atoms with Crippen LogP contribution in [0.25, 0.3) is 0 Å². The number of alkyl halides is 2. The van der Waals surface area contributed by atoms with E-state index in [1.807, 2.05) is 0 Å². The van der Waals surface area contributed by atoms with Crippen molar-refractivity contribution in [2.75, 3.05) is 13.1 Å². The number of nitrogens with two attached hydrogens (primary N) is 1. The van der Waals surface area contributed by atoms with Crippen molar-refractivity contribution >= 4 is 6.09 Å². The Hall–Kier alpha value is -0.910. The van der Waals surface area contributed by atoms with Gasteiger partial charge in [-0.25, -0.2) is 13.6 Å². The maximum absolute atomic E-state index is 13.3. The molecule has 0 aliphatic carbocycles. The van der Waals surface area contributed by atoms with Crippen molar-refractivity contribution in [3.8, 4) is 0 Å². The first kappa shape index (κ1) is 14.2. The van der Waals surface area contributed by atoms with Crippen molar-refractivity contribution in [3.63, 3.8) is 0 Å². The van der Waals surface area contributed by atoms with E-state index in [-0.39, 0.29) is 25.4 Å². The highest BCUT2D eigenvalue weighted by atomic mass is 19.3. The Morgan fingerprint density at radius 3 is 2.59 bits per heavy atom. The molecule has 0 saturated carbocycles. The average Bonchev–Trinajstić information content (AvgIpc) is 2.13. The molecule has 1 aliphatic rings. The van der Waals surface area contributed by atoms with Gasteiger partial charge in [-0.05, 0) is 27.2 Å². The van der Waals surface area contributed by atoms with Crippen molar-refractivity contribution in [3.05, 3.63) is 0 Å². The van der Waals surface area contributed by atoms with Gasteiger partial charge in [-0.2, -0.15) is 0 Å². The lowest BCUT2D eigenvalue weighted by molar-refractivity contribution is -0.0839. The highest BCUT2D eigenvalue weighted by molar-refractivity contribution is 5.68. The summed E-state index contributed by atoms with van der Waals surface area (Å²) in [6.07, 6.45) is -0.732. The van der Waals surface area contributed by atoms with Gasteiger partial charge in [-0.1, -0.05) is 0 Å². The highest BCUT2D eigenvalue weighted by Crippen LogP contribution is 2.30. The predicted octanol–water partition coefficient (Wildman–Crippen LogP) is 1.98. The van der Waals surface area contributed by atoms with Gasteiger partial charge in [-0.15, -0.1) is 0 Å². The fraction of sp³-hybridized carbons (Fsp3) is 0.909. The number of hydrogen-bond donors (Lipinski definition) is 1. The molecule has 0 radical (unpaired) electrons. The number of carbonyl (C=O) groups is 1. The molecule has 2 N–H and O–H groups in total. The van der Waals surface area contributed by atoms with E-state index in [1.165, 1.54) is 0 Å². The molecule has 1 amide bonds. The summed E-state index contributed by atoms with van der Waals surface area (Å²) >= 11 is 0. The third kappa shape index (κ3) is 4.11. The number of piperidine rings is 1. The van der Waals surface area contributed by atoms with Crippen LogP contribution in [0.15, 0.2) is 0 Å². The Bertz CT molecular complexity index is 290. The van der Waals surface area contributed by atoms with Gasteiger partial charge < -0.3 is 10.5 Å². The van der Waals surface area contributed by atoms with E-state index >= 15 is 0 Å². The molecule has 6 heteroatoms. The van der Waals surface area contributed by atoms with E-state index in [1.54, 1.807) is 20.8 Å². The molecular weight excluding hydrogens is 230 g/mol. The molecule has 0 spiro atoms. The number of likely N-dealkylation sites (tertiary alicyclic amines) is 1. The van der Waals surface area contributed by atoms with Crippen LogP contribution in [-0.4, -0.2) is 41.6 Å². The normalized spacial score (nSPS) is 24.6. The first-order valence-electron chi connectivity index (χ1n) is 5.72. The molecule has 1 fully saturated rings. The monoisotopic (exact) mass is 250 g/mol. The highest BCUT2D eigenvalue weighted by Gasteiger charge is 2.42. The summed E-state index contributed by atoms with van der Waals surface area (Å²) in [5.41, 5.74) is 4.80. The summed E-state index contributed by atoms with van der Waals surface area (Å²) in [5.74, 6) is -2.84. The first-order valence-corrected chi connectivity index (χ1v) is 5.72. The summed E-state index contributed by atoms with van der Waals surface area (Å²) in [7, 11) is 0. The van der Waals surface area contributed by atoms with E-state index < -0.39 is 24.2 Å². The van der Waals surface area contributed by atoms with Crippen molar-refractivity contribution < 1.29 is 18.3 Å². The Labute approximate surface area is 100 Å². The van der Waals surface area contributed by atoms with E-state index in [9.17, 15) is 13.6 Å². The summed E-state index contributed by atoms with van der Waals surface area (Å²) in [5, 5.41) is 0. The third-order valence-electron chi connectivity index (χ3n) is 2.59. The Kier molecular flexibility index (Phi) is 3.96. The lowest BCUT2D eigenvalue weighted by atomic mass is 10.00. The van der Waals surface area contributed by atoms with E-state index in [0.717, 1.165) is 4.90 Å². The smallest absolute Gasteiger partial charge is 0.410 e. The summed E-state index contributed by atoms with van der Waals surface area (Å²) in [6.45, 7) is 4.67. The van der Waals surface area contributed by atoms with Crippen LogP contribution in [-0.2, 0) is 4.74 Å². The van der Waals surface area contributed by atoms with Crippen LogP contribution in [0.2, 0.25) is 0 Å². The molecule has 4 nitrogen and oxygen atoms in total. The Balaban J connectivity index is 2.73. The minimum absolute atomic E-state index is 0.176. The Morgan fingerprint density at radius 2 is 2.12 bits per heavy atom. The quantitative estimate of drug-likeness (QED) is 0.774. The SMILES string of the molecule is CC(C)(C)OC(=O)N1CC(F)(F)CC[C@@H]1CN. The number of nitrogens with zero attached hydrogens (tertiary/aromatic N) is 1. The Morgan fingerprint density at radius 1 is 1.53 bits per heavy atom. The standard InChI is InChI=1S/C11H20F2N2O2/c1-10(2,3)17-9(16)15-7-11(12,13)5-4-8(15)6-14/h8H,4-7,14H2,1-3H3/t8-/m1/s1. The predicted molar refractivity (Wildman–Crippen MR) is 60.0 cm³/mol. The zero-order valence-corrected chi connectivity index (χ0v) is 10.5. The molecule has 1 atom stereocenters. The van der Waals surface area contributed by atoms with Crippen molar-refractivity contribution in [2.24, 2.45) is 5.73 Å². The van der Waals surface area contributed by atoms with E-state index in [2.05, 4.69) is 0 Å². The van der Waals surface area contributed by atoms with Gasteiger partial charge in [-0.3, -0.25) is 4.90 Å². The molecule has 1 aliphatic heterocycles. The van der Waals surface area contributed by atoms with Crippen molar-refractivity contribution in [2.45, 2.75) is 51.2 Å². The minimum atomic E-state index is -2.84. The van der Waals surface area contributed by atoms with Crippen LogP contribution in [0.5, 0.6) is 0 Å². The molecule has 0 aromatic heterocycles. The molecule has 1 rings (SSSR count). The maximum atomic E-state index is 13.3. The summed E-state index contributed by atoms with van der Waals surface area (Å²) < 4.78 is 31.6. The number of halogens is 2. The average molecular weight is 250 g/mol. The largest absolute Gasteiger partial charge is 0.444 e. The molecule has 0 aromatic rings. The molecule has 1 heterocycles. The maximum Gasteiger partial charge on any atom is 0.410 e. The van der Waals surface area contributed by atoms with Crippen LogP contribution >= 0.6 is 0 Å². The molecule has 100 valence electrons. The fourth-order valence-corrected chi connectivity index (χ4v) is 1.77. The third-order valence-corrected chi connectivity index (χ3v) is 2.59. The van der Waals surface area contributed by atoms with Crippen LogP contribution in [0.1, 0.15) is 33.6 Å². The van der Waals surface area contributed by atoms with Crippen molar-refractivity contribution in [1.82, 2.24) is 4.90 Å².